The summed E-state index contributed by atoms with van der Waals surface area (Å²) in [4.78, 5) is 37.1. The number of nitrogens with one attached hydrogen (secondary N) is 1. The van der Waals surface area contributed by atoms with E-state index in [9.17, 15) is 9.59 Å². The molecular weight excluding hydrogens is 432 g/mol. The Morgan fingerprint density at radius 1 is 1.16 bits per heavy atom. The van der Waals surface area contributed by atoms with Gasteiger partial charge in [0.2, 0.25) is 5.91 Å². The molecule has 1 aliphatic heterocycles. The minimum atomic E-state index is -0.259. The molecule has 1 saturated heterocycles. The second kappa shape index (κ2) is 9.16. The van der Waals surface area contributed by atoms with E-state index in [1.165, 1.54) is 11.3 Å². The minimum Gasteiger partial charge on any atom is -0.337 e. The van der Waals surface area contributed by atoms with Crippen LogP contribution >= 0.6 is 22.9 Å². The molecule has 1 aromatic carbocycles. The molecule has 31 heavy (non-hydrogen) atoms. The van der Waals surface area contributed by atoms with Gasteiger partial charge in [0, 0.05) is 29.9 Å². The molecule has 0 radical (unpaired) electrons. The van der Waals surface area contributed by atoms with Crippen molar-refractivity contribution in [1.82, 2.24) is 14.9 Å². The van der Waals surface area contributed by atoms with Crippen LogP contribution in [0.25, 0.3) is 10.6 Å². The lowest BCUT2D eigenvalue weighted by Crippen LogP contribution is -2.43. The number of halogens is 1. The van der Waals surface area contributed by atoms with E-state index >= 15 is 0 Å². The quantitative estimate of drug-likeness (QED) is 0.604. The second-order valence-corrected chi connectivity index (χ2v) is 9.18. The number of carbonyl (C=O) groups is 2. The number of anilines is 1. The number of pyridine rings is 1. The van der Waals surface area contributed by atoms with Gasteiger partial charge in [-0.15, -0.1) is 11.3 Å². The molecule has 0 spiro atoms. The maximum Gasteiger partial charge on any atom is 0.265 e. The van der Waals surface area contributed by atoms with Gasteiger partial charge in [-0.25, -0.2) is 9.97 Å². The molecule has 8 heteroatoms. The first kappa shape index (κ1) is 21.5. The Kier molecular flexibility index (Phi) is 6.34. The summed E-state index contributed by atoms with van der Waals surface area (Å²) in [5, 5.41) is 4.32. The van der Waals surface area contributed by atoms with Crippen molar-refractivity contribution in [3.05, 3.63) is 63.8 Å². The van der Waals surface area contributed by atoms with E-state index in [4.69, 9.17) is 11.6 Å². The molecule has 1 N–H and O–H groups in total. The lowest BCUT2D eigenvalue weighted by Gasteiger charge is -2.31. The first-order chi connectivity index (χ1) is 14.9. The maximum atomic E-state index is 13.2. The number of likely N-dealkylation sites (tertiary alicyclic amines) is 1. The van der Waals surface area contributed by atoms with Crippen LogP contribution in [0.3, 0.4) is 0 Å². The van der Waals surface area contributed by atoms with Gasteiger partial charge in [0.1, 0.15) is 15.7 Å². The van der Waals surface area contributed by atoms with Gasteiger partial charge >= 0.3 is 0 Å². The van der Waals surface area contributed by atoms with Crippen LogP contribution in [0.4, 0.5) is 5.82 Å². The third-order valence-electron chi connectivity index (χ3n) is 5.32. The van der Waals surface area contributed by atoms with Crippen LogP contribution in [0, 0.1) is 19.8 Å². The molecule has 1 aliphatic rings. The summed E-state index contributed by atoms with van der Waals surface area (Å²) in [6.45, 7) is 4.83. The zero-order valence-electron chi connectivity index (χ0n) is 17.4. The molecule has 2 amide bonds. The van der Waals surface area contributed by atoms with E-state index in [0.717, 1.165) is 29.0 Å². The van der Waals surface area contributed by atoms with Crippen molar-refractivity contribution in [1.29, 1.82) is 0 Å². The van der Waals surface area contributed by atoms with E-state index in [0.29, 0.717) is 34.5 Å². The molecule has 0 bridgehead atoms. The standard InChI is InChI=1S/C23H23ClN4O2S/c1-14-5-10-19(25-12-14)27-21(29)17-4-3-11-28(13-17)23(30)20-15(2)26-22(31-20)16-6-8-18(24)9-7-16/h5-10,12,17H,3-4,11,13H2,1-2H3,(H,25,27,29). The van der Waals surface area contributed by atoms with Crippen LogP contribution in [0.5, 0.6) is 0 Å². The molecule has 3 heterocycles. The predicted octanol–water partition coefficient (Wildman–Crippen LogP) is 4.97. The highest BCUT2D eigenvalue weighted by Gasteiger charge is 2.31. The number of aryl methyl sites for hydroxylation is 2. The monoisotopic (exact) mass is 454 g/mol. The molecule has 2 aromatic heterocycles. The van der Waals surface area contributed by atoms with Crippen molar-refractivity contribution in [3.8, 4) is 10.6 Å². The normalized spacial score (nSPS) is 16.2. The van der Waals surface area contributed by atoms with Gasteiger partial charge in [0.15, 0.2) is 0 Å². The summed E-state index contributed by atoms with van der Waals surface area (Å²) in [6, 6.07) is 11.1. The maximum absolute atomic E-state index is 13.2. The van der Waals surface area contributed by atoms with E-state index in [1.807, 2.05) is 44.2 Å². The van der Waals surface area contributed by atoms with Gasteiger partial charge in [0.25, 0.3) is 5.91 Å². The minimum absolute atomic E-state index is 0.0684. The van der Waals surface area contributed by atoms with Crippen LogP contribution in [-0.4, -0.2) is 39.8 Å². The van der Waals surface area contributed by atoms with E-state index in [2.05, 4.69) is 15.3 Å². The first-order valence-corrected chi connectivity index (χ1v) is 11.4. The number of carbonyl (C=O) groups excluding carboxylic acids is 2. The molecule has 0 saturated carbocycles. The molecule has 1 fully saturated rings. The highest BCUT2D eigenvalue weighted by Crippen LogP contribution is 2.30. The number of rotatable bonds is 4. The van der Waals surface area contributed by atoms with Crippen molar-refractivity contribution < 1.29 is 9.59 Å². The third-order valence-corrected chi connectivity index (χ3v) is 6.77. The number of amides is 2. The highest BCUT2D eigenvalue weighted by molar-refractivity contribution is 7.17. The molecule has 4 rings (SSSR count). The second-order valence-electron chi connectivity index (χ2n) is 7.74. The van der Waals surface area contributed by atoms with Crippen molar-refractivity contribution in [3.63, 3.8) is 0 Å². The summed E-state index contributed by atoms with van der Waals surface area (Å²) in [7, 11) is 0. The molecule has 6 nitrogen and oxygen atoms in total. The number of hydrogen-bond donors (Lipinski definition) is 1. The number of hydrogen-bond acceptors (Lipinski definition) is 5. The lowest BCUT2D eigenvalue weighted by atomic mass is 9.97. The number of thiazole rings is 1. The Labute approximate surface area is 190 Å². The smallest absolute Gasteiger partial charge is 0.265 e. The lowest BCUT2D eigenvalue weighted by molar-refractivity contribution is -0.121. The van der Waals surface area contributed by atoms with Crippen LogP contribution in [0.2, 0.25) is 5.02 Å². The predicted molar refractivity (Wildman–Crippen MR) is 124 cm³/mol. The Balaban J connectivity index is 1.45. The van der Waals surface area contributed by atoms with Crippen LogP contribution in [0.1, 0.15) is 33.8 Å². The summed E-state index contributed by atoms with van der Waals surface area (Å²) >= 11 is 7.35. The Morgan fingerprint density at radius 3 is 2.65 bits per heavy atom. The average Bonchev–Trinajstić information content (AvgIpc) is 3.17. The zero-order valence-corrected chi connectivity index (χ0v) is 19.0. The van der Waals surface area contributed by atoms with Gasteiger partial charge in [0.05, 0.1) is 11.6 Å². The first-order valence-electron chi connectivity index (χ1n) is 10.2. The van der Waals surface area contributed by atoms with Crippen molar-refractivity contribution >= 4 is 40.6 Å². The summed E-state index contributed by atoms with van der Waals surface area (Å²) in [6.07, 6.45) is 3.25. The van der Waals surface area contributed by atoms with Crippen molar-refractivity contribution in [2.45, 2.75) is 26.7 Å². The third kappa shape index (κ3) is 4.94. The van der Waals surface area contributed by atoms with Gasteiger partial charge in [-0.3, -0.25) is 9.59 Å². The van der Waals surface area contributed by atoms with E-state index < -0.39 is 0 Å². The van der Waals surface area contributed by atoms with Gasteiger partial charge < -0.3 is 10.2 Å². The molecular formula is C23H23ClN4O2S. The number of piperidine rings is 1. The Bertz CT molecular complexity index is 1100. The Morgan fingerprint density at radius 2 is 1.94 bits per heavy atom. The van der Waals surface area contributed by atoms with E-state index in [-0.39, 0.29) is 17.7 Å². The summed E-state index contributed by atoms with van der Waals surface area (Å²) < 4.78 is 0. The summed E-state index contributed by atoms with van der Waals surface area (Å²) in [5.41, 5.74) is 2.67. The SMILES string of the molecule is Cc1ccc(NC(=O)C2CCCN(C(=O)c3sc(-c4ccc(Cl)cc4)nc3C)C2)nc1. The van der Waals surface area contributed by atoms with Crippen LogP contribution in [0.15, 0.2) is 42.6 Å². The fraction of sp³-hybridized carbons (Fsp3) is 0.304. The topological polar surface area (TPSA) is 75.2 Å². The van der Waals surface area contributed by atoms with E-state index in [1.54, 1.807) is 17.2 Å². The average molecular weight is 455 g/mol. The molecule has 160 valence electrons. The van der Waals surface area contributed by atoms with Crippen LogP contribution in [-0.2, 0) is 4.79 Å². The largest absolute Gasteiger partial charge is 0.337 e. The Hall–Kier alpha value is -2.77. The van der Waals surface area contributed by atoms with Crippen molar-refractivity contribution in [2.24, 2.45) is 5.92 Å². The molecule has 1 atom stereocenters. The molecule has 3 aromatic rings. The van der Waals surface area contributed by atoms with Gasteiger partial charge in [-0.2, -0.15) is 0 Å². The fourth-order valence-corrected chi connectivity index (χ4v) is 4.77. The fourth-order valence-electron chi connectivity index (χ4n) is 3.60. The van der Waals surface area contributed by atoms with Crippen molar-refractivity contribution in [2.75, 3.05) is 18.4 Å². The van der Waals surface area contributed by atoms with Gasteiger partial charge in [-0.05, 0) is 50.5 Å². The number of aromatic nitrogens is 2. The summed E-state index contributed by atoms with van der Waals surface area (Å²) in [5.74, 6) is 0.104. The number of nitrogens with zero attached hydrogens (tertiary/aromatic N) is 3. The molecule has 1 unspecified atom stereocenters. The molecule has 0 aliphatic carbocycles. The zero-order chi connectivity index (χ0) is 22.0. The highest BCUT2D eigenvalue weighted by atomic mass is 35.5. The number of benzene rings is 1. The van der Waals surface area contributed by atoms with Crippen LogP contribution < -0.4 is 5.32 Å². The van der Waals surface area contributed by atoms with Gasteiger partial charge in [-0.1, -0.05) is 29.8 Å².